The Morgan fingerprint density at radius 3 is 2.75 bits per heavy atom. The topological polar surface area (TPSA) is 66.8 Å². The number of ether oxygens (including phenoxy) is 1. The van der Waals surface area contributed by atoms with Crippen LogP contribution in [0.3, 0.4) is 0 Å². The number of carboxylic acids is 1. The molecular formula is C19H25NO4. The average molecular weight is 331 g/mol. The molecule has 130 valence electrons. The van der Waals surface area contributed by atoms with Crippen LogP contribution in [0.1, 0.15) is 37.2 Å². The highest BCUT2D eigenvalue weighted by atomic mass is 16.5. The van der Waals surface area contributed by atoms with Crippen LogP contribution in [0.2, 0.25) is 0 Å². The van der Waals surface area contributed by atoms with Crippen molar-refractivity contribution in [3.05, 3.63) is 35.9 Å². The van der Waals surface area contributed by atoms with Crippen molar-refractivity contribution in [3.8, 4) is 0 Å². The molecule has 3 atom stereocenters. The van der Waals surface area contributed by atoms with Crippen molar-refractivity contribution >= 4 is 11.9 Å². The van der Waals surface area contributed by atoms with Gasteiger partial charge in [-0.1, -0.05) is 30.3 Å². The molecule has 0 bridgehead atoms. The number of aliphatic carboxylic acids is 1. The Hall–Kier alpha value is -1.88. The first-order chi connectivity index (χ1) is 11.6. The first kappa shape index (κ1) is 17.0. The van der Waals surface area contributed by atoms with Gasteiger partial charge in [-0.15, -0.1) is 0 Å². The van der Waals surface area contributed by atoms with Gasteiger partial charge < -0.3 is 14.7 Å². The standard InChI is InChI=1S/C19H25NO4/c1-24-13-19(18(22)23)8-5-9-20(12-19)17(21)11-15-10-16(15)14-6-3-2-4-7-14/h2-4,6-7,15-16H,5,8-13H2,1H3,(H,22,23)/t15-,16-,19?/m0/s1. The molecule has 3 rings (SSSR count). The molecule has 1 N–H and O–H groups in total. The van der Waals surface area contributed by atoms with E-state index in [0.29, 0.717) is 37.6 Å². The fourth-order valence-corrected chi connectivity index (χ4v) is 3.91. The van der Waals surface area contributed by atoms with Gasteiger partial charge in [0, 0.05) is 26.6 Å². The number of methoxy groups -OCH3 is 1. The Labute approximate surface area is 142 Å². The SMILES string of the molecule is COCC1(C(=O)O)CCCN(C(=O)C[C@@H]2C[C@H]2c2ccccc2)C1. The second kappa shape index (κ2) is 6.93. The maximum absolute atomic E-state index is 12.6. The number of benzene rings is 1. The van der Waals surface area contributed by atoms with Gasteiger partial charge in [-0.3, -0.25) is 9.59 Å². The summed E-state index contributed by atoms with van der Waals surface area (Å²) >= 11 is 0. The minimum absolute atomic E-state index is 0.0832. The molecule has 5 heteroatoms. The third-order valence-electron chi connectivity index (χ3n) is 5.39. The number of likely N-dealkylation sites (tertiary alicyclic amines) is 1. The van der Waals surface area contributed by atoms with E-state index >= 15 is 0 Å². The highest BCUT2D eigenvalue weighted by Gasteiger charge is 2.45. The molecule has 0 aromatic heterocycles. The van der Waals surface area contributed by atoms with Crippen molar-refractivity contribution in [2.45, 2.75) is 31.6 Å². The average Bonchev–Trinajstić information content (AvgIpc) is 3.35. The van der Waals surface area contributed by atoms with E-state index in [0.717, 1.165) is 6.42 Å². The Morgan fingerprint density at radius 2 is 2.08 bits per heavy atom. The number of carbonyl (C=O) groups excluding carboxylic acids is 1. The van der Waals surface area contributed by atoms with E-state index in [4.69, 9.17) is 4.74 Å². The van der Waals surface area contributed by atoms with Gasteiger partial charge in [0.05, 0.1) is 6.61 Å². The Bertz CT molecular complexity index is 599. The number of carboxylic acid groups (broad SMARTS) is 1. The van der Waals surface area contributed by atoms with Gasteiger partial charge in [-0.2, -0.15) is 0 Å². The van der Waals surface area contributed by atoms with E-state index in [1.165, 1.54) is 12.7 Å². The van der Waals surface area contributed by atoms with E-state index < -0.39 is 11.4 Å². The lowest BCUT2D eigenvalue weighted by Crippen LogP contribution is -2.52. The summed E-state index contributed by atoms with van der Waals surface area (Å²) in [5, 5.41) is 9.59. The number of carbonyl (C=O) groups is 2. The van der Waals surface area contributed by atoms with Crippen LogP contribution in [-0.4, -0.2) is 48.7 Å². The van der Waals surface area contributed by atoms with Crippen molar-refractivity contribution in [1.82, 2.24) is 4.90 Å². The highest BCUT2D eigenvalue weighted by molar-refractivity contribution is 5.80. The van der Waals surface area contributed by atoms with E-state index in [1.54, 1.807) is 4.90 Å². The summed E-state index contributed by atoms with van der Waals surface area (Å²) < 4.78 is 5.12. The van der Waals surface area contributed by atoms with Crippen LogP contribution in [0.25, 0.3) is 0 Å². The normalized spacial score (nSPS) is 29.3. The largest absolute Gasteiger partial charge is 0.481 e. The summed E-state index contributed by atoms with van der Waals surface area (Å²) in [6, 6.07) is 10.3. The predicted molar refractivity (Wildman–Crippen MR) is 89.7 cm³/mol. The van der Waals surface area contributed by atoms with Gasteiger partial charge in [0.1, 0.15) is 5.41 Å². The van der Waals surface area contributed by atoms with Gasteiger partial charge in [0.15, 0.2) is 0 Å². The fraction of sp³-hybridized carbons (Fsp3) is 0.579. The maximum Gasteiger partial charge on any atom is 0.313 e. The van der Waals surface area contributed by atoms with Crippen LogP contribution < -0.4 is 0 Å². The van der Waals surface area contributed by atoms with Gasteiger partial charge in [-0.25, -0.2) is 0 Å². The van der Waals surface area contributed by atoms with Gasteiger partial charge in [-0.05, 0) is 36.7 Å². The number of rotatable bonds is 6. The zero-order valence-corrected chi connectivity index (χ0v) is 14.1. The van der Waals surface area contributed by atoms with Gasteiger partial charge in [0.2, 0.25) is 5.91 Å². The molecule has 1 saturated carbocycles. The second-order valence-electron chi connectivity index (χ2n) is 7.15. The third kappa shape index (κ3) is 3.46. The lowest BCUT2D eigenvalue weighted by Gasteiger charge is -2.39. The van der Waals surface area contributed by atoms with Crippen LogP contribution in [0.5, 0.6) is 0 Å². The molecule has 0 radical (unpaired) electrons. The number of piperidine rings is 1. The molecular weight excluding hydrogens is 306 g/mol. The molecule has 1 aromatic carbocycles. The summed E-state index contributed by atoms with van der Waals surface area (Å²) in [7, 11) is 1.51. The number of amides is 1. The molecule has 5 nitrogen and oxygen atoms in total. The van der Waals surface area contributed by atoms with Crippen LogP contribution in [0.4, 0.5) is 0 Å². The molecule has 1 unspecified atom stereocenters. The summed E-state index contributed by atoms with van der Waals surface area (Å²) in [4.78, 5) is 26.1. The van der Waals surface area contributed by atoms with Crippen molar-refractivity contribution in [3.63, 3.8) is 0 Å². The van der Waals surface area contributed by atoms with Crippen LogP contribution >= 0.6 is 0 Å². The van der Waals surface area contributed by atoms with Crippen LogP contribution in [0, 0.1) is 11.3 Å². The summed E-state index contributed by atoms with van der Waals surface area (Å²) in [6.45, 7) is 1.07. The molecule has 24 heavy (non-hydrogen) atoms. The number of hydrogen-bond acceptors (Lipinski definition) is 3. The smallest absolute Gasteiger partial charge is 0.313 e. The molecule has 1 aromatic rings. The van der Waals surface area contributed by atoms with Crippen molar-refractivity contribution < 1.29 is 19.4 Å². The van der Waals surface area contributed by atoms with Gasteiger partial charge in [0.25, 0.3) is 0 Å². The predicted octanol–water partition coefficient (Wildman–Crippen LogP) is 2.52. The summed E-state index contributed by atoms with van der Waals surface area (Å²) in [5.74, 6) is 0.0851. The monoisotopic (exact) mass is 331 g/mol. The van der Waals surface area contributed by atoms with E-state index in [9.17, 15) is 14.7 Å². The van der Waals surface area contributed by atoms with Crippen molar-refractivity contribution in [2.24, 2.45) is 11.3 Å². The quantitative estimate of drug-likeness (QED) is 0.870. The lowest BCUT2D eigenvalue weighted by atomic mass is 9.80. The summed E-state index contributed by atoms with van der Waals surface area (Å²) in [6.07, 6.45) is 2.85. The molecule has 2 fully saturated rings. The Kier molecular flexibility index (Phi) is 4.90. The molecule has 1 heterocycles. The van der Waals surface area contributed by atoms with Crippen LogP contribution in [-0.2, 0) is 14.3 Å². The first-order valence-electron chi connectivity index (χ1n) is 8.61. The lowest BCUT2D eigenvalue weighted by molar-refractivity contribution is -0.159. The minimum atomic E-state index is -0.953. The maximum atomic E-state index is 12.6. The second-order valence-corrected chi connectivity index (χ2v) is 7.15. The molecule has 1 saturated heterocycles. The van der Waals surface area contributed by atoms with Gasteiger partial charge >= 0.3 is 5.97 Å². The zero-order valence-electron chi connectivity index (χ0n) is 14.1. The molecule has 0 spiro atoms. The number of nitrogens with zero attached hydrogens (tertiary/aromatic N) is 1. The van der Waals surface area contributed by atoms with E-state index in [2.05, 4.69) is 12.1 Å². The Balaban J connectivity index is 1.58. The van der Waals surface area contributed by atoms with E-state index in [1.807, 2.05) is 18.2 Å². The molecule has 2 aliphatic rings. The summed E-state index contributed by atoms with van der Waals surface area (Å²) in [5.41, 5.74) is 0.346. The molecule has 1 amide bonds. The van der Waals surface area contributed by atoms with E-state index in [-0.39, 0.29) is 19.1 Å². The minimum Gasteiger partial charge on any atom is -0.481 e. The Morgan fingerprint density at radius 1 is 1.33 bits per heavy atom. The fourth-order valence-electron chi connectivity index (χ4n) is 3.91. The third-order valence-corrected chi connectivity index (χ3v) is 5.39. The van der Waals surface area contributed by atoms with Crippen molar-refractivity contribution in [1.29, 1.82) is 0 Å². The molecule has 1 aliphatic heterocycles. The first-order valence-corrected chi connectivity index (χ1v) is 8.61. The van der Waals surface area contributed by atoms with Crippen LogP contribution in [0.15, 0.2) is 30.3 Å². The molecule has 1 aliphatic carbocycles. The highest BCUT2D eigenvalue weighted by Crippen LogP contribution is 2.49. The zero-order chi connectivity index (χ0) is 17.2. The number of hydrogen-bond donors (Lipinski definition) is 1. The van der Waals surface area contributed by atoms with Crippen molar-refractivity contribution in [2.75, 3.05) is 26.8 Å².